The summed E-state index contributed by atoms with van der Waals surface area (Å²) in [4.78, 5) is 12.5. The number of carbonyl (C=O) groups is 1. The molecule has 0 aromatic heterocycles. The lowest BCUT2D eigenvalue weighted by molar-refractivity contribution is -0.116. The minimum absolute atomic E-state index is 0.00677. The van der Waals surface area contributed by atoms with Crippen LogP contribution in [0.3, 0.4) is 0 Å². The van der Waals surface area contributed by atoms with Crippen molar-refractivity contribution in [3.63, 3.8) is 0 Å². The average Bonchev–Trinajstić information content (AvgIpc) is 2.72. The number of rotatable bonds is 7. The second-order valence-corrected chi connectivity index (χ2v) is 9.71. The van der Waals surface area contributed by atoms with E-state index in [1.807, 2.05) is 19.1 Å². The van der Waals surface area contributed by atoms with E-state index in [1.54, 1.807) is 24.3 Å². The highest BCUT2D eigenvalue weighted by Crippen LogP contribution is 2.22. The summed E-state index contributed by atoms with van der Waals surface area (Å²) in [6.07, 6.45) is 0. The molecule has 1 amide bonds. The zero-order valence-corrected chi connectivity index (χ0v) is 18.9. The van der Waals surface area contributed by atoms with Gasteiger partial charge in [-0.3, -0.25) is 4.79 Å². The molecule has 3 aromatic carbocycles. The lowest BCUT2D eigenvalue weighted by Gasteiger charge is -2.22. The normalized spacial score (nSPS) is 11.5. The number of carbonyl (C=O) groups excluding carboxylic acids is 1. The summed E-state index contributed by atoms with van der Waals surface area (Å²) in [6.45, 7) is 1.18. The fraction of sp³-hybridized carbons (Fsp3) is 0.136. The minimum Gasteiger partial charge on any atom is -0.320 e. The molecular weight excluding hydrogens is 490 g/mol. The van der Waals surface area contributed by atoms with Crippen LogP contribution in [0.25, 0.3) is 0 Å². The summed E-state index contributed by atoms with van der Waals surface area (Å²) < 4.78 is 55.9. The zero-order valence-electron chi connectivity index (χ0n) is 16.5. The average molecular weight is 509 g/mol. The largest absolute Gasteiger partial charge is 0.320 e. The van der Waals surface area contributed by atoms with E-state index in [9.17, 15) is 22.0 Å². The van der Waals surface area contributed by atoms with Gasteiger partial charge in [-0.05, 0) is 48.9 Å². The summed E-state index contributed by atoms with van der Waals surface area (Å²) in [5, 5.41) is 2.13. The molecule has 3 aromatic rings. The zero-order chi connectivity index (χ0) is 22.6. The second-order valence-electron chi connectivity index (χ2n) is 6.86. The highest BCUT2D eigenvalue weighted by Gasteiger charge is 2.27. The van der Waals surface area contributed by atoms with Crippen molar-refractivity contribution in [2.45, 2.75) is 18.4 Å². The molecule has 0 saturated heterocycles. The summed E-state index contributed by atoms with van der Waals surface area (Å²) in [6, 6.07) is 16.3. The molecule has 0 atom stereocenters. The molecular formula is C22H19BrF2N2O3S. The van der Waals surface area contributed by atoms with Gasteiger partial charge in [0.15, 0.2) is 0 Å². The smallest absolute Gasteiger partial charge is 0.243 e. The predicted octanol–water partition coefficient (Wildman–Crippen LogP) is 4.87. The third-order valence-electron chi connectivity index (χ3n) is 4.48. The van der Waals surface area contributed by atoms with Gasteiger partial charge in [-0.25, -0.2) is 17.2 Å². The number of aryl methyl sites for hydroxylation is 1. The van der Waals surface area contributed by atoms with Crippen molar-refractivity contribution < 1.29 is 22.0 Å². The summed E-state index contributed by atoms with van der Waals surface area (Å²) in [5.41, 5.74) is 1.04. The van der Waals surface area contributed by atoms with Crippen LogP contribution >= 0.6 is 15.9 Å². The summed E-state index contributed by atoms with van der Waals surface area (Å²) >= 11 is 3.26. The van der Waals surface area contributed by atoms with Crippen molar-refractivity contribution in [2.24, 2.45) is 0 Å². The number of hydrogen-bond donors (Lipinski definition) is 1. The molecule has 162 valence electrons. The highest BCUT2D eigenvalue weighted by atomic mass is 79.9. The molecule has 0 aliphatic carbocycles. The third kappa shape index (κ3) is 5.75. The molecule has 0 aliphatic rings. The first-order chi connectivity index (χ1) is 14.7. The molecule has 9 heteroatoms. The summed E-state index contributed by atoms with van der Waals surface area (Å²) in [7, 11) is -4.07. The van der Waals surface area contributed by atoms with Gasteiger partial charge in [-0.1, -0.05) is 51.8 Å². The molecule has 0 heterocycles. The lowest BCUT2D eigenvalue weighted by Crippen LogP contribution is -2.37. The van der Waals surface area contributed by atoms with Crippen molar-refractivity contribution >= 4 is 37.5 Å². The Morgan fingerprint density at radius 3 is 2.13 bits per heavy atom. The Morgan fingerprint density at radius 2 is 1.55 bits per heavy atom. The van der Waals surface area contributed by atoms with Crippen LogP contribution in [-0.4, -0.2) is 25.2 Å². The van der Waals surface area contributed by atoms with E-state index in [-0.39, 0.29) is 11.4 Å². The quantitative estimate of drug-likeness (QED) is 0.495. The first-order valence-corrected chi connectivity index (χ1v) is 11.5. The van der Waals surface area contributed by atoms with Gasteiger partial charge in [0.1, 0.15) is 17.3 Å². The van der Waals surface area contributed by atoms with Crippen molar-refractivity contribution in [3.05, 3.63) is 94.0 Å². The van der Waals surface area contributed by atoms with Crippen molar-refractivity contribution in [3.8, 4) is 0 Å². The molecule has 1 N–H and O–H groups in total. The van der Waals surface area contributed by atoms with Crippen molar-refractivity contribution in [1.82, 2.24) is 4.31 Å². The van der Waals surface area contributed by atoms with E-state index < -0.39 is 39.8 Å². The molecule has 0 unspecified atom stereocenters. The molecule has 3 rings (SSSR count). The number of nitrogens with one attached hydrogen (secondary N) is 1. The summed E-state index contributed by atoms with van der Waals surface area (Å²) in [5.74, 6) is -2.76. The van der Waals surface area contributed by atoms with Gasteiger partial charge >= 0.3 is 0 Å². The fourth-order valence-corrected chi connectivity index (χ4v) is 4.48. The van der Waals surface area contributed by atoms with E-state index >= 15 is 0 Å². The van der Waals surface area contributed by atoms with Crippen molar-refractivity contribution in [1.29, 1.82) is 0 Å². The SMILES string of the molecule is Cc1ccc(CN(CC(=O)Nc2c(F)cccc2F)S(=O)(=O)c2ccc(Br)cc2)cc1. The van der Waals surface area contributed by atoms with Gasteiger partial charge in [0, 0.05) is 11.0 Å². The first kappa shape index (κ1) is 23.1. The molecule has 0 bridgehead atoms. The van der Waals surface area contributed by atoms with Crippen LogP contribution in [0.4, 0.5) is 14.5 Å². The molecule has 31 heavy (non-hydrogen) atoms. The number of sulfonamides is 1. The van der Waals surface area contributed by atoms with E-state index in [1.165, 1.54) is 18.2 Å². The molecule has 0 fully saturated rings. The topological polar surface area (TPSA) is 66.5 Å². The molecule has 5 nitrogen and oxygen atoms in total. The second kappa shape index (κ2) is 9.67. The number of hydrogen-bond acceptors (Lipinski definition) is 3. The molecule has 0 radical (unpaired) electrons. The maximum absolute atomic E-state index is 13.9. The van der Waals surface area contributed by atoms with Crippen LogP contribution in [0.5, 0.6) is 0 Å². The Labute approximate surface area is 187 Å². The van der Waals surface area contributed by atoms with E-state index in [4.69, 9.17) is 0 Å². The number of anilines is 1. The van der Waals surface area contributed by atoms with Crippen LogP contribution in [0.1, 0.15) is 11.1 Å². The maximum Gasteiger partial charge on any atom is 0.243 e. The standard InChI is InChI=1S/C22H19BrF2N2O3S/c1-15-5-7-16(8-6-15)13-27(31(29,30)18-11-9-17(23)10-12-18)14-21(28)26-22-19(24)3-2-4-20(22)25/h2-12H,13-14H2,1H3,(H,26,28). The molecule has 0 spiro atoms. The number of benzene rings is 3. The lowest BCUT2D eigenvalue weighted by atomic mass is 10.1. The van der Waals surface area contributed by atoms with E-state index in [2.05, 4.69) is 21.2 Å². The Hall–Kier alpha value is -2.62. The van der Waals surface area contributed by atoms with Crippen LogP contribution in [0.2, 0.25) is 0 Å². The van der Waals surface area contributed by atoms with Gasteiger partial charge in [0.2, 0.25) is 15.9 Å². The van der Waals surface area contributed by atoms with Gasteiger partial charge in [-0.15, -0.1) is 0 Å². The van der Waals surface area contributed by atoms with Gasteiger partial charge in [0.25, 0.3) is 0 Å². The van der Waals surface area contributed by atoms with Gasteiger partial charge in [0.05, 0.1) is 11.4 Å². The van der Waals surface area contributed by atoms with Crippen LogP contribution in [-0.2, 0) is 21.4 Å². The number of para-hydroxylation sites is 1. The highest BCUT2D eigenvalue weighted by molar-refractivity contribution is 9.10. The Morgan fingerprint density at radius 1 is 0.968 bits per heavy atom. The van der Waals surface area contributed by atoms with Crippen LogP contribution < -0.4 is 5.32 Å². The molecule has 0 saturated carbocycles. The Kier molecular flexibility index (Phi) is 7.19. The third-order valence-corrected chi connectivity index (χ3v) is 6.81. The monoisotopic (exact) mass is 508 g/mol. The minimum atomic E-state index is -4.07. The van der Waals surface area contributed by atoms with E-state index in [0.717, 1.165) is 22.0 Å². The predicted molar refractivity (Wildman–Crippen MR) is 118 cm³/mol. The van der Waals surface area contributed by atoms with Gasteiger partial charge in [-0.2, -0.15) is 4.31 Å². The number of halogens is 3. The number of nitrogens with zero attached hydrogens (tertiary/aromatic N) is 1. The number of amides is 1. The Bertz CT molecular complexity index is 1160. The van der Waals surface area contributed by atoms with Crippen LogP contribution in [0, 0.1) is 18.6 Å². The fourth-order valence-electron chi connectivity index (χ4n) is 2.83. The first-order valence-electron chi connectivity index (χ1n) is 9.22. The maximum atomic E-state index is 13.9. The molecule has 0 aliphatic heterocycles. The van der Waals surface area contributed by atoms with Crippen molar-refractivity contribution in [2.75, 3.05) is 11.9 Å². The Balaban J connectivity index is 1.90. The van der Waals surface area contributed by atoms with E-state index in [0.29, 0.717) is 10.0 Å². The van der Waals surface area contributed by atoms with Crippen LogP contribution in [0.15, 0.2) is 76.1 Å². The van der Waals surface area contributed by atoms with Gasteiger partial charge < -0.3 is 5.32 Å².